The van der Waals surface area contributed by atoms with Crippen LogP contribution in [0.5, 0.6) is 5.75 Å². The molecule has 0 spiro atoms. The molecule has 1 atom stereocenters. The van der Waals surface area contributed by atoms with Crippen LogP contribution >= 0.6 is 38.9 Å². The molecule has 2 N–H and O–H groups in total. The average molecular weight is 333 g/mol. The Balaban J connectivity index is 2.34. The Bertz CT molecular complexity index is 529. The van der Waals surface area contributed by atoms with Crippen LogP contribution in [-0.2, 0) is 0 Å². The van der Waals surface area contributed by atoms with Gasteiger partial charge in [-0.05, 0) is 50.6 Å². The summed E-state index contributed by atoms with van der Waals surface area (Å²) in [5.74, 6) is 0.734. The van der Waals surface area contributed by atoms with Crippen molar-refractivity contribution in [1.29, 1.82) is 0 Å². The summed E-state index contributed by atoms with van der Waals surface area (Å²) in [5.41, 5.74) is 8.13. The Morgan fingerprint density at radius 1 is 1.41 bits per heavy atom. The molecule has 90 valence electrons. The van der Waals surface area contributed by atoms with E-state index in [1.807, 2.05) is 23.6 Å². The van der Waals surface area contributed by atoms with Gasteiger partial charge in [-0.2, -0.15) is 0 Å². The summed E-state index contributed by atoms with van der Waals surface area (Å²) in [6, 6.07) is 7.34. The summed E-state index contributed by atoms with van der Waals surface area (Å²) < 4.78 is 6.17. The molecule has 2 rings (SSSR count). The van der Waals surface area contributed by atoms with Gasteiger partial charge in [0, 0.05) is 5.02 Å². The van der Waals surface area contributed by atoms with E-state index in [1.165, 1.54) is 0 Å². The molecule has 17 heavy (non-hydrogen) atoms. The lowest BCUT2D eigenvalue weighted by atomic mass is 10.0. The topological polar surface area (TPSA) is 35.2 Å². The highest BCUT2D eigenvalue weighted by atomic mass is 79.9. The number of rotatable bonds is 3. The van der Waals surface area contributed by atoms with Gasteiger partial charge in [-0.1, -0.05) is 17.7 Å². The molecule has 0 saturated carbocycles. The zero-order valence-electron chi connectivity index (χ0n) is 9.11. The van der Waals surface area contributed by atoms with Crippen molar-refractivity contribution < 1.29 is 4.74 Å². The van der Waals surface area contributed by atoms with E-state index in [4.69, 9.17) is 22.1 Å². The fourth-order valence-corrected chi connectivity index (χ4v) is 3.05. The van der Waals surface area contributed by atoms with Crippen molar-refractivity contribution >= 4 is 38.9 Å². The molecule has 0 bridgehead atoms. The molecular formula is C12H11BrClNOS. The smallest absolute Gasteiger partial charge is 0.120 e. The summed E-state index contributed by atoms with van der Waals surface area (Å²) in [6.07, 6.45) is 0. The maximum absolute atomic E-state index is 6.19. The van der Waals surface area contributed by atoms with Crippen molar-refractivity contribution in [3.05, 3.63) is 49.6 Å². The van der Waals surface area contributed by atoms with Gasteiger partial charge < -0.3 is 10.5 Å². The molecular weight excluding hydrogens is 322 g/mol. The molecule has 0 radical (unpaired) electrons. The van der Waals surface area contributed by atoms with Gasteiger partial charge in [0.1, 0.15) is 5.75 Å². The Morgan fingerprint density at radius 3 is 2.71 bits per heavy atom. The van der Waals surface area contributed by atoms with E-state index in [2.05, 4.69) is 15.9 Å². The van der Waals surface area contributed by atoms with Crippen LogP contribution in [0.3, 0.4) is 0 Å². The van der Waals surface area contributed by atoms with E-state index in [0.29, 0.717) is 5.02 Å². The molecule has 0 saturated heterocycles. The van der Waals surface area contributed by atoms with E-state index >= 15 is 0 Å². The fourth-order valence-electron chi connectivity index (χ4n) is 1.55. The summed E-state index contributed by atoms with van der Waals surface area (Å²) >= 11 is 11.2. The van der Waals surface area contributed by atoms with Gasteiger partial charge in [0.05, 0.1) is 16.9 Å². The largest absolute Gasteiger partial charge is 0.497 e. The summed E-state index contributed by atoms with van der Waals surface area (Å²) in [7, 11) is 1.61. The van der Waals surface area contributed by atoms with Crippen LogP contribution in [-0.4, -0.2) is 7.11 Å². The van der Waals surface area contributed by atoms with Crippen LogP contribution in [0.2, 0.25) is 5.02 Å². The molecule has 0 amide bonds. The number of ether oxygens (including phenoxy) is 1. The summed E-state index contributed by atoms with van der Waals surface area (Å²) in [4.78, 5) is 0. The second kappa shape index (κ2) is 5.40. The predicted octanol–water partition coefficient (Wildman–Crippen LogP) is 4.22. The third kappa shape index (κ3) is 2.83. The molecule has 1 aromatic carbocycles. The van der Waals surface area contributed by atoms with E-state index in [9.17, 15) is 0 Å². The van der Waals surface area contributed by atoms with Crippen LogP contribution in [0.15, 0.2) is 33.4 Å². The lowest BCUT2D eigenvalue weighted by molar-refractivity contribution is 0.414. The van der Waals surface area contributed by atoms with Gasteiger partial charge in [-0.15, -0.1) is 11.3 Å². The van der Waals surface area contributed by atoms with E-state index < -0.39 is 0 Å². The lowest BCUT2D eigenvalue weighted by Gasteiger charge is -2.13. The maximum Gasteiger partial charge on any atom is 0.120 e. The highest BCUT2D eigenvalue weighted by Gasteiger charge is 2.14. The first-order chi connectivity index (χ1) is 8.11. The Labute approximate surface area is 117 Å². The van der Waals surface area contributed by atoms with Crippen LogP contribution in [0.25, 0.3) is 0 Å². The van der Waals surface area contributed by atoms with Crippen LogP contribution in [0.4, 0.5) is 0 Å². The highest BCUT2D eigenvalue weighted by molar-refractivity contribution is 9.11. The standard InChI is InChI=1S/C12H11BrClNOS/c1-16-8-2-3-9(10(14)5-8)12(15)7-4-11(13)17-6-7/h2-6,12H,15H2,1H3. The number of methoxy groups -OCH3 is 1. The summed E-state index contributed by atoms with van der Waals surface area (Å²) in [6.45, 7) is 0. The van der Waals surface area contributed by atoms with Crippen molar-refractivity contribution in [1.82, 2.24) is 0 Å². The van der Waals surface area contributed by atoms with E-state index in [1.54, 1.807) is 24.5 Å². The Hall–Kier alpha value is -0.550. The first-order valence-corrected chi connectivity index (χ1v) is 7.00. The number of hydrogen-bond acceptors (Lipinski definition) is 3. The molecule has 1 heterocycles. The molecule has 1 unspecified atom stereocenters. The first kappa shape index (κ1) is 12.9. The third-order valence-corrected chi connectivity index (χ3v) is 4.34. The first-order valence-electron chi connectivity index (χ1n) is 4.94. The van der Waals surface area contributed by atoms with E-state index in [-0.39, 0.29) is 6.04 Å². The zero-order chi connectivity index (χ0) is 12.4. The van der Waals surface area contributed by atoms with E-state index in [0.717, 1.165) is 20.7 Å². The van der Waals surface area contributed by atoms with Gasteiger partial charge in [0.25, 0.3) is 0 Å². The molecule has 0 aliphatic heterocycles. The highest BCUT2D eigenvalue weighted by Crippen LogP contribution is 2.32. The van der Waals surface area contributed by atoms with Gasteiger partial charge in [-0.3, -0.25) is 0 Å². The van der Waals surface area contributed by atoms with Crippen molar-refractivity contribution in [2.24, 2.45) is 5.73 Å². The average Bonchev–Trinajstić information content (AvgIpc) is 2.75. The summed E-state index contributed by atoms with van der Waals surface area (Å²) in [5, 5.41) is 2.65. The van der Waals surface area contributed by atoms with Crippen molar-refractivity contribution in [3.8, 4) is 5.75 Å². The fraction of sp³-hybridized carbons (Fsp3) is 0.167. The quantitative estimate of drug-likeness (QED) is 0.913. The van der Waals surface area contributed by atoms with Gasteiger partial charge in [0.15, 0.2) is 0 Å². The monoisotopic (exact) mass is 331 g/mol. The lowest BCUT2D eigenvalue weighted by Crippen LogP contribution is -2.11. The van der Waals surface area contributed by atoms with Crippen molar-refractivity contribution in [3.63, 3.8) is 0 Å². The third-order valence-electron chi connectivity index (χ3n) is 2.49. The maximum atomic E-state index is 6.19. The minimum Gasteiger partial charge on any atom is -0.497 e. The molecule has 5 heteroatoms. The molecule has 0 fully saturated rings. The van der Waals surface area contributed by atoms with Crippen LogP contribution in [0.1, 0.15) is 17.2 Å². The van der Waals surface area contributed by atoms with Gasteiger partial charge in [-0.25, -0.2) is 0 Å². The Kier molecular flexibility index (Phi) is 4.09. The number of nitrogens with two attached hydrogens (primary N) is 1. The normalized spacial score (nSPS) is 12.5. The SMILES string of the molecule is COc1ccc(C(N)c2csc(Br)c2)c(Cl)c1. The molecule has 0 aliphatic rings. The molecule has 2 nitrogen and oxygen atoms in total. The predicted molar refractivity (Wildman–Crippen MR) is 76.1 cm³/mol. The number of halogens is 2. The van der Waals surface area contributed by atoms with Crippen molar-refractivity contribution in [2.45, 2.75) is 6.04 Å². The molecule has 2 aromatic rings. The number of thiophene rings is 1. The second-order valence-corrected chi connectivity index (χ2v) is 6.25. The van der Waals surface area contributed by atoms with Crippen LogP contribution in [0, 0.1) is 0 Å². The molecule has 1 aromatic heterocycles. The minimum atomic E-state index is -0.212. The second-order valence-electron chi connectivity index (χ2n) is 3.55. The number of hydrogen-bond donors (Lipinski definition) is 1. The van der Waals surface area contributed by atoms with Gasteiger partial charge >= 0.3 is 0 Å². The molecule has 0 aliphatic carbocycles. The van der Waals surface area contributed by atoms with Gasteiger partial charge in [0.2, 0.25) is 0 Å². The number of benzene rings is 1. The zero-order valence-corrected chi connectivity index (χ0v) is 12.3. The minimum absolute atomic E-state index is 0.212. The van der Waals surface area contributed by atoms with Crippen molar-refractivity contribution in [2.75, 3.05) is 7.11 Å². The Morgan fingerprint density at radius 2 is 2.18 bits per heavy atom. The van der Waals surface area contributed by atoms with Crippen LogP contribution < -0.4 is 10.5 Å².